The minimum absolute atomic E-state index is 0.0468. The first-order chi connectivity index (χ1) is 11.8. The second kappa shape index (κ2) is 8.94. The predicted octanol–water partition coefficient (Wildman–Crippen LogP) is 0.773. The van der Waals surface area contributed by atoms with Crippen molar-refractivity contribution in [3.05, 3.63) is 24.3 Å². The van der Waals surface area contributed by atoms with Gasteiger partial charge in [-0.2, -0.15) is 0 Å². The first-order valence-corrected chi connectivity index (χ1v) is 8.89. The second-order valence-corrected chi connectivity index (χ2v) is 6.55. The van der Waals surface area contributed by atoms with E-state index in [1.165, 1.54) is 6.42 Å². The van der Waals surface area contributed by atoms with Crippen LogP contribution in [0.1, 0.15) is 18.5 Å². The summed E-state index contributed by atoms with van der Waals surface area (Å²) >= 11 is 0. The van der Waals surface area contributed by atoms with Gasteiger partial charge < -0.3 is 15.0 Å². The number of ether oxygens (including phenoxy) is 1. The molecule has 0 unspecified atom stereocenters. The molecule has 7 nitrogen and oxygen atoms in total. The molecular formula is C17H27N5O2. The average molecular weight is 333 g/mol. The summed E-state index contributed by atoms with van der Waals surface area (Å²) in [5, 5.41) is 3.01. The molecule has 0 spiro atoms. The van der Waals surface area contributed by atoms with E-state index in [2.05, 4.69) is 20.2 Å². The summed E-state index contributed by atoms with van der Waals surface area (Å²) in [7, 11) is 0. The number of urea groups is 1. The van der Waals surface area contributed by atoms with E-state index >= 15 is 0 Å². The lowest BCUT2D eigenvalue weighted by atomic mass is 9.97. The molecule has 24 heavy (non-hydrogen) atoms. The van der Waals surface area contributed by atoms with Crippen LogP contribution in [0.15, 0.2) is 18.6 Å². The van der Waals surface area contributed by atoms with Crippen molar-refractivity contribution in [1.82, 2.24) is 25.1 Å². The molecular weight excluding hydrogens is 306 g/mol. The molecule has 1 aromatic heterocycles. The molecule has 3 rings (SSSR count). The zero-order valence-electron chi connectivity index (χ0n) is 14.2. The second-order valence-electron chi connectivity index (χ2n) is 6.55. The Labute approximate surface area is 143 Å². The standard InChI is InChI=1S/C17H27N5O2/c23-17(20-4-3-16-12-18-5-6-19-16)22-7-1-2-15(14-22)13-21-8-10-24-11-9-21/h5-6,12,15H,1-4,7-11,13-14H2,(H,20,23)/t15-/m1/s1. The van der Waals surface area contributed by atoms with Crippen LogP contribution >= 0.6 is 0 Å². The molecule has 2 aliphatic rings. The van der Waals surface area contributed by atoms with Crippen molar-refractivity contribution < 1.29 is 9.53 Å². The quantitative estimate of drug-likeness (QED) is 0.862. The van der Waals surface area contributed by atoms with Crippen LogP contribution in [0.2, 0.25) is 0 Å². The number of likely N-dealkylation sites (tertiary alicyclic amines) is 1. The van der Waals surface area contributed by atoms with Crippen LogP contribution in [0, 0.1) is 5.92 Å². The molecule has 1 aromatic rings. The van der Waals surface area contributed by atoms with Gasteiger partial charge in [-0.15, -0.1) is 0 Å². The zero-order chi connectivity index (χ0) is 16.6. The largest absolute Gasteiger partial charge is 0.379 e. The van der Waals surface area contributed by atoms with Crippen LogP contribution in [0.5, 0.6) is 0 Å². The van der Waals surface area contributed by atoms with Crippen LogP contribution in [0.25, 0.3) is 0 Å². The highest BCUT2D eigenvalue weighted by Gasteiger charge is 2.25. The number of carbonyl (C=O) groups excluding carboxylic acids is 1. The highest BCUT2D eigenvalue weighted by atomic mass is 16.5. The average Bonchev–Trinajstić information content (AvgIpc) is 2.64. The predicted molar refractivity (Wildman–Crippen MR) is 90.7 cm³/mol. The maximum Gasteiger partial charge on any atom is 0.317 e. The Morgan fingerprint density at radius 3 is 2.96 bits per heavy atom. The molecule has 1 atom stereocenters. The molecule has 132 valence electrons. The summed E-state index contributed by atoms with van der Waals surface area (Å²) < 4.78 is 5.40. The number of rotatable bonds is 5. The van der Waals surface area contributed by atoms with E-state index in [0.29, 0.717) is 18.9 Å². The smallest absolute Gasteiger partial charge is 0.317 e. The highest BCUT2D eigenvalue weighted by Crippen LogP contribution is 2.18. The van der Waals surface area contributed by atoms with E-state index < -0.39 is 0 Å². The molecule has 1 N–H and O–H groups in total. The molecule has 2 fully saturated rings. The molecule has 2 aliphatic heterocycles. The Morgan fingerprint density at radius 1 is 1.29 bits per heavy atom. The summed E-state index contributed by atoms with van der Waals surface area (Å²) in [6.07, 6.45) is 8.09. The Morgan fingerprint density at radius 2 is 2.17 bits per heavy atom. The number of hydrogen-bond acceptors (Lipinski definition) is 5. The van der Waals surface area contributed by atoms with Gasteiger partial charge in [0.05, 0.1) is 18.9 Å². The van der Waals surface area contributed by atoms with E-state index in [9.17, 15) is 4.79 Å². The van der Waals surface area contributed by atoms with E-state index in [1.807, 2.05) is 4.90 Å². The first kappa shape index (κ1) is 17.1. The number of hydrogen-bond donors (Lipinski definition) is 1. The van der Waals surface area contributed by atoms with Crippen LogP contribution < -0.4 is 5.32 Å². The lowest BCUT2D eigenvalue weighted by Gasteiger charge is -2.36. The molecule has 3 heterocycles. The van der Waals surface area contributed by atoms with Gasteiger partial charge in [0.25, 0.3) is 0 Å². The van der Waals surface area contributed by atoms with E-state index in [1.54, 1.807) is 18.6 Å². The number of nitrogens with zero attached hydrogens (tertiary/aromatic N) is 4. The fourth-order valence-electron chi connectivity index (χ4n) is 3.42. The van der Waals surface area contributed by atoms with Crippen molar-refractivity contribution in [1.29, 1.82) is 0 Å². The van der Waals surface area contributed by atoms with Gasteiger partial charge in [-0.25, -0.2) is 4.79 Å². The SMILES string of the molecule is O=C(NCCc1cnccn1)N1CCC[C@H](CN2CCOCC2)C1. The summed E-state index contributed by atoms with van der Waals surface area (Å²) in [6.45, 7) is 7.08. The molecule has 0 saturated carbocycles. The van der Waals surface area contributed by atoms with Gasteiger partial charge in [0.15, 0.2) is 0 Å². The van der Waals surface area contributed by atoms with E-state index in [4.69, 9.17) is 4.74 Å². The minimum atomic E-state index is 0.0468. The van der Waals surface area contributed by atoms with Gasteiger partial charge in [0.2, 0.25) is 0 Å². The molecule has 0 radical (unpaired) electrons. The maximum atomic E-state index is 12.4. The van der Waals surface area contributed by atoms with Gasteiger partial charge in [-0.3, -0.25) is 14.9 Å². The third-order valence-corrected chi connectivity index (χ3v) is 4.70. The lowest BCUT2D eigenvalue weighted by molar-refractivity contribution is 0.0249. The number of amides is 2. The fourth-order valence-corrected chi connectivity index (χ4v) is 3.42. The third kappa shape index (κ3) is 5.14. The van der Waals surface area contributed by atoms with Gasteiger partial charge in [0.1, 0.15) is 0 Å². The first-order valence-electron chi connectivity index (χ1n) is 8.89. The minimum Gasteiger partial charge on any atom is -0.379 e. The van der Waals surface area contributed by atoms with Crippen LogP contribution in [-0.2, 0) is 11.2 Å². The Bertz CT molecular complexity index is 507. The van der Waals surface area contributed by atoms with Gasteiger partial charge in [0, 0.05) is 64.3 Å². The van der Waals surface area contributed by atoms with Crippen molar-refractivity contribution in [2.75, 3.05) is 52.5 Å². The van der Waals surface area contributed by atoms with Crippen molar-refractivity contribution in [3.8, 4) is 0 Å². The van der Waals surface area contributed by atoms with Gasteiger partial charge >= 0.3 is 6.03 Å². The molecule has 0 aliphatic carbocycles. The number of nitrogens with one attached hydrogen (secondary N) is 1. The Kier molecular flexibility index (Phi) is 6.37. The summed E-state index contributed by atoms with van der Waals surface area (Å²) in [4.78, 5) is 25.1. The Hall–Kier alpha value is -1.73. The highest BCUT2D eigenvalue weighted by molar-refractivity contribution is 5.74. The lowest BCUT2D eigenvalue weighted by Crippen LogP contribution is -2.49. The van der Waals surface area contributed by atoms with Gasteiger partial charge in [-0.05, 0) is 18.8 Å². The van der Waals surface area contributed by atoms with Crippen LogP contribution in [0.4, 0.5) is 4.79 Å². The van der Waals surface area contributed by atoms with E-state index in [0.717, 1.165) is 58.1 Å². The molecule has 2 saturated heterocycles. The van der Waals surface area contributed by atoms with Crippen LogP contribution in [-0.4, -0.2) is 78.3 Å². The number of morpholine rings is 1. The normalized spacial score (nSPS) is 22.3. The number of piperidine rings is 1. The molecule has 0 bridgehead atoms. The fraction of sp³-hybridized carbons (Fsp3) is 0.706. The van der Waals surface area contributed by atoms with E-state index in [-0.39, 0.29) is 6.03 Å². The summed E-state index contributed by atoms with van der Waals surface area (Å²) in [5.74, 6) is 0.572. The van der Waals surface area contributed by atoms with Crippen LogP contribution in [0.3, 0.4) is 0 Å². The number of carbonyl (C=O) groups is 1. The monoisotopic (exact) mass is 333 g/mol. The Balaban J connectivity index is 1.39. The molecule has 0 aromatic carbocycles. The van der Waals surface area contributed by atoms with Crippen molar-refractivity contribution in [3.63, 3.8) is 0 Å². The van der Waals surface area contributed by atoms with Gasteiger partial charge in [-0.1, -0.05) is 0 Å². The third-order valence-electron chi connectivity index (χ3n) is 4.70. The molecule has 2 amide bonds. The van der Waals surface area contributed by atoms with Crippen molar-refractivity contribution >= 4 is 6.03 Å². The zero-order valence-corrected chi connectivity index (χ0v) is 14.2. The summed E-state index contributed by atoms with van der Waals surface area (Å²) in [5.41, 5.74) is 0.904. The maximum absolute atomic E-state index is 12.4. The summed E-state index contributed by atoms with van der Waals surface area (Å²) in [6, 6.07) is 0.0468. The van der Waals surface area contributed by atoms with Crippen molar-refractivity contribution in [2.45, 2.75) is 19.3 Å². The van der Waals surface area contributed by atoms with Crippen molar-refractivity contribution in [2.24, 2.45) is 5.92 Å². The topological polar surface area (TPSA) is 70.6 Å². The number of aromatic nitrogens is 2. The molecule has 7 heteroatoms.